The number of carbonyl (C=O) groups excluding carboxylic acids is 1. The maximum Gasteiger partial charge on any atom is 0.256 e. The molecule has 1 aromatic rings. The van der Waals surface area contributed by atoms with Crippen LogP contribution in [-0.4, -0.2) is 52.2 Å². The van der Waals surface area contributed by atoms with Crippen molar-refractivity contribution in [1.82, 2.24) is 9.62 Å². The van der Waals surface area contributed by atoms with Gasteiger partial charge < -0.3 is 9.64 Å². The zero-order chi connectivity index (χ0) is 16.9. The molecule has 1 N–H and O–H groups in total. The Labute approximate surface area is 137 Å². The third-order valence-corrected chi connectivity index (χ3v) is 4.72. The number of benzene rings is 1. The number of likely N-dealkylation sites (tertiary alicyclic amines) is 1. The molecule has 0 unspecified atom stereocenters. The number of piperidine rings is 1. The molecule has 1 aliphatic rings. The van der Waals surface area contributed by atoms with E-state index in [9.17, 15) is 13.2 Å². The Kier molecular flexibility index (Phi) is 6.15. The van der Waals surface area contributed by atoms with Gasteiger partial charge in [-0.2, -0.15) is 0 Å². The Morgan fingerprint density at radius 2 is 2.09 bits per heavy atom. The van der Waals surface area contributed by atoms with E-state index in [1.54, 1.807) is 4.90 Å². The van der Waals surface area contributed by atoms with Crippen LogP contribution in [0.1, 0.15) is 24.5 Å². The van der Waals surface area contributed by atoms with Crippen LogP contribution in [0.3, 0.4) is 0 Å². The van der Waals surface area contributed by atoms with Gasteiger partial charge in [-0.05, 0) is 24.3 Å². The highest BCUT2D eigenvalue weighted by Gasteiger charge is 2.30. The molecule has 1 aromatic carbocycles. The number of amides is 1. The molecule has 23 heavy (non-hydrogen) atoms. The molecule has 0 saturated carbocycles. The fourth-order valence-electron chi connectivity index (χ4n) is 2.87. The predicted octanol–water partition coefficient (Wildman–Crippen LogP) is 1.16. The zero-order valence-corrected chi connectivity index (χ0v) is 14.4. The van der Waals surface area contributed by atoms with E-state index in [1.165, 1.54) is 7.11 Å². The molecule has 7 heteroatoms. The summed E-state index contributed by atoms with van der Waals surface area (Å²) in [7, 11) is -1.67. The van der Waals surface area contributed by atoms with Crippen molar-refractivity contribution in [2.45, 2.75) is 18.9 Å². The van der Waals surface area contributed by atoms with E-state index in [0.717, 1.165) is 24.7 Å². The molecule has 1 heterocycles. The minimum absolute atomic E-state index is 0.0669. The standard InChI is InChI=1S/C16H24N2O4S/c1-22-15(14-8-4-3-5-9-14)16(19)18-10-6-7-13(12-18)11-17-23(2,20)21/h3-5,8-9,13,15,17H,6-7,10-12H2,1-2H3/t13-,15+/m1/s1. The Bertz CT molecular complexity index is 618. The van der Waals surface area contributed by atoms with Gasteiger partial charge in [0.05, 0.1) is 6.26 Å². The van der Waals surface area contributed by atoms with Crippen molar-refractivity contribution in [2.24, 2.45) is 5.92 Å². The van der Waals surface area contributed by atoms with Crippen LogP contribution in [0.25, 0.3) is 0 Å². The summed E-state index contributed by atoms with van der Waals surface area (Å²) >= 11 is 0. The van der Waals surface area contributed by atoms with E-state index in [0.29, 0.717) is 19.6 Å². The van der Waals surface area contributed by atoms with Crippen LogP contribution in [-0.2, 0) is 19.6 Å². The number of hydrogen-bond acceptors (Lipinski definition) is 4. The van der Waals surface area contributed by atoms with E-state index in [4.69, 9.17) is 4.74 Å². The lowest BCUT2D eigenvalue weighted by Crippen LogP contribution is -2.45. The minimum atomic E-state index is -3.20. The first-order valence-electron chi connectivity index (χ1n) is 7.72. The maximum atomic E-state index is 12.7. The van der Waals surface area contributed by atoms with Gasteiger partial charge in [0.15, 0.2) is 6.10 Å². The normalized spacial score (nSPS) is 20.3. The van der Waals surface area contributed by atoms with Gasteiger partial charge in [0.1, 0.15) is 0 Å². The maximum absolute atomic E-state index is 12.7. The van der Waals surface area contributed by atoms with Crippen molar-refractivity contribution in [3.63, 3.8) is 0 Å². The van der Waals surface area contributed by atoms with Gasteiger partial charge in [0.25, 0.3) is 5.91 Å². The monoisotopic (exact) mass is 340 g/mol. The molecule has 1 fully saturated rings. The van der Waals surface area contributed by atoms with Crippen molar-refractivity contribution in [3.05, 3.63) is 35.9 Å². The number of sulfonamides is 1. The molecular weight excluding hydrogens is 316 g/mol. The smallest absolute Gasteiger partial charge is 0.256 e. The Morgan fingerprint density at radius 3 is 2.70 bits per heavy atom. The van der Waals surface area contributed by atoms with Crippen LogP contribution >= 0.6 is 0 Å². The molecule has 128 valence electrons. The second kappa shape index (κ2) is 7.90. The average Bonchev–Trinajstić information content (AvgIpc) is 2.54. The van der Waals surface area contributed by atoms with Gasteiger partial charge in [-0.15, -0.1) is 0 Å². The highest BCUT2D eigenvalue weighted by Crippen LogP contribution is 2.23. The lowest BCUT2D eigenvalue weighted by atomic mass is 9.97. The van der Waals surface area contributed by atoms with Crippen LogP contribution in [0.15, 0.2) is 30.3 Å². The number of carbonyl (C=O) groups is 1. The summed E-state index contributed by atoms with van der Waals surface area (Å²) < 4.78 is 30.4. The third-order valence-electron chi connectivity index (χ3n) is 4.03. The van der Waals surface area contributed by atoms with Crippen LogP contribution < -0.4 is 4.72 Å². The molecule has 1 saturated heterocycles. The number of ether oxygens (including phenoxy) is 1. The summed E-state index contributed by atoms with van der Waals surface area (Å²) in [6.07, 6.45) is 2.31. The van der Waals surface area contributed by atoms with E-state index in [1.807, 2.05) is 30.3 Å². The summed E-state index contributed by atoms with van der Waals surface area (Å²) in [4.78, 5) is 14.5. The molecule has 1 aliphatic heterocycles. The molecule has 0 bridgehead atoms. The highest BCUT2D eigenvalue weighted by molar-refractivity contribution is 7.88. The molecule has 0 aliphatic carbocycles. The van der Waals surface area contributed by atoms with Gasteiger partial charge in [0, 0.05) is 26.7 Å². The van der Waals surface area contributed by atoms with Gasteiger partial charge in [0.2, 0.25) is 10.0 Å². The van der Waals surface area contributed by atoms with Crippen molar-refractivity contribution >= 4 is 15.9 Å². The molecular formula is C16H24N2O4S. The molecule has 1 amide bonds. The first-order chi connectivity index (χ1) is 10.9. The molecule has 0 aromatic heterocycles. The van der Waals surface area contributed by atoms with Crippen molar-refractivity contribution in [3.8, 4) is 0 Å². The van der Waals surface area contributed by atoms with Crippen molar-refractivity contribution in [2.75, 3.05) is 33.0 Å². The summed E-state index contributed by atoms with van der Waals surface area (Å²) in [6, 6.07) is 9.40. The van der Waals surface area contributed by atoms with E-state index in [2.05, 4.69) is 4.72 Å². The quantitative estimate of drug-likeness (QED) is 0.843. The first-order valence-corrected chi connectivity index (χ1v) is 9.61. The van der Waals surface area contributed by atoms with Crippen molar-refractivity contribution < 1.29 is 17.9 Å². The van der Waals surface area contributed by atoms with E-state index >= 15 is 0 Å². The SMILES string of the molecule is CO[C@H](C(=O)N1CCC[C@H](CNS(C)(=O)=O)C1)c1ccccc1. The predicted molar refractivity (Wildman–Crippen MR) is 88.3 cm³/mol. The van der Waals surface area contributed by atoms with E-state index < -0.39 is 16.1 Å². The van der Waals surface area contributed by atoms with Gasteiger partial charge in [-0.1, -0.05) is 30.3 Å². The van der Waals surface area contributed by atoms with Crippen LogP contribution in [0.5, 0.6) is 0 Å². The largest absolute Gasteiger partial charge is 0.367 e. The lowest BCUT2D eigenvalue weighted by molar-refractivity contribution is -0.144. The summed E-state index contributed by atoms with van der Waals surface area (Å²) in [5, 5.41) is 0. The van der Waals surface area contributed by atoms with Crippen LogP contribution in [0.2, 0.25) is 0 Å². The summed E-state index contributed by atoms with van der Waals surface area (Å²) in [5.74, 6) is 0.0680. The summed E-state index contributed by atoms with van der Waals surface area (Å²) in [6.45, 7) is 1.60. The van der Waals surface area contributed by atoms with Crippen LogP contribution in [0, 0.1) is 5.92 Å². The second-order valence-corrected chi connectivity index (χ2v) is 7.77. The minimum Gasteiger partial charge on any atom is -0.367 e. The fourth-order valence-corrected chi connectivity index (χ4v) is 3.41. The Balaban J connectivity index is 2.00. The summed E-state index contributed by atoms with van der Waals surface area (Å²) in [5.41, 5.74) is 0.830. The Hall–Kier alpha value is -1.44. The first kappa shape index (κ1) is 17.9. The molecule has 6 nitrogen and oxygen atoms in total. The highest BCUT2D eigenvalue weighted by atomic mass is 32.2. The van der Waals surface area contributed by atoms with Gasteiger partial charge in [-0.3, -0.25) is 4.79 Å². The van der Waals surface area contributed by atoms with Crippen molar-refractivity contribution in [1.29, 1.82) is 0 Å². The molecule has 0 spiro atoms. The zero-order valence-electron chi connectivity index (χ0n) is 13.6. The number of rotatable bonds is 6. The topological polar surface area (TPSA) is 75.7 Å². The second-order valence-electron chi connectivity index (χ2n) is 5.94. The average molecular weight is 340 g/mol. The number of nitrogens with one attached hydrogen (secondary N) is 1. The number of hydrogen-bond donors (Lipinski definition) is 1. The Morgan fingerprint density at radius 1 is 1.39 bits per heavy atom. The van der Waals surface area contributed by atoms with Crippen LogP contribution in [0.4, 0.5) is 0 Å². The van der Waals surface area contributed by atoms with E-state index in [-0.39, 0.29) is 11.8 Å². The molecule has 2 rings (SSSR count). The third kappa shape index (κ3) is 5.30. The number of methoxy groups -OCH3 is 1. The van der Waals surface area contributed by atoms with Gasteiger partial charge >= 0.3 is 0 Å². The van der Waals surface area contributed by atoms with Gasteiger partial charge in [-0.25, -0.2) is 13.1 Å². The lowest BCUT2D eigenvalue weighted by Gasteiger charge is -2.34. The molecule has 0 radical (unpaired) electrons. The fraction of sp³-hybridized carbons (Fsp3) is 0.562. The molecule has 2 atom stereocenters. The number of nitrogens with zero attached hydrogens (tertiary/aromatic N) is 1.